The fraction of sp³-hybridized carbons (Fsp3) is 0.471. The highest BCUT2D eigenvalue weighted by atomic mass is 16.5. The summed E-state index contributed by atoms with van der Waals surface area (Å²) in [7, 11) is 1.75. The zero-order valence-corrected chi connectivity index (χ0v) is 12.8. The third-order valence-electron chi connectivity index (χ3n) is 4.21. The zero-order valence-electron chi connectivity index (χ0n) is 12.8. The van der Waals surface area contributed by atoms with Crippen LogP contribution in [-0.2, 0) is 9.47 Å². The standard InChI is InChI=1S/C17H22N2O2/c1-4-21-15-10-14(17(15)20-3)19-13-8-7-11(2)16-12(13)6-5-9-18-16/h5-9,14-15,17,19H,4,10H2,1-3H3. The lowest BCUT2D eigenvalue weighted by atomic mass is 9.84. The molecular weight excluding hydrogens is 264 g/mol. The summed E-state index contributed by atoms with van der Waals surface area (Å²) >= 11 is 0. The average molecular weight is 286 g/mol. The Morgan fingerprint density at radius 2 is 2.19 bits per heavy atom. The Labute approximate surface area is 125 Å². The molecule has 1 saturated carbocycles. The van der Waals surface area contributed by atoms with Crippen molar-refractivity contribution in [1.82, 2.24) is 4.98 Å². The molecule has 1 aromatic heterocycles. The normalized spacial score (nSPS) is 24.8. The molecule has 0 spiro atoms. The summed E-state index contributed by atoms with van der Waals surface area (Å²) < 4.78 is 11.2. The number of hydrogen-bond donors (Lipinski definition) is 1. The molecule has 3 rings (SSSR count). The van der Waals surface area contributed by atoms with E-state index in [1.54, 1.807) is 7.11 Å². The van der Waals surface area contributed by atoms with Gasteiger partial charge in [0.25, 0.3) is 0 Å². The number of pyridine rings is 1. The van der Waals surface area contributed by atoms with Crippen LogP contribution in [0.4, 0.5) is 5.69 Å². The summed E-state index contributed by atoms with van der Waals surface area (Å²) in [6, 6.07) is 8.61. The molecule has 1 aromatic carbocycles. The van der Waals surface area contributed by atoms with Gasteiger partial charge in [-0.05, 0) is 44.0 Å². The molecule has 21 heavy (non-hydrogen) atoms. The minimum Gasteiger partial charge on any atom is -0.379 e. The number of anilines is 1. The van der Waals surface area contributed by atoms with Crippen LogP contribution < -0.4 is 5.32 Å². The van der Waals surface area contributed by atoms with E-state index >= 15 is 0 Å². The summed E-state index contributed by atoms with van der Waals surface area (Å²) in [5.74, 6) is 0. The van der Waals surface area contributed by atoms with Gasteiger partial charge < -0.3 is 14.8 Å². The second-order valence-corrected chi connectivity index (χ2v) is 5.51. The molecule has 0 amide bonds. The number of nitrogens with zero attached hydrogens (tertiary/aromatic N) is 1. The predicted octanol–water partition coefficient (Wildman–Crippen LogP) is 3.15. The Morgan fingerprint density at radius 1 is 1.33 bits per heavy atom. The average Bonchev–Trinajstić information content (AvgIpc) is 2.49. The van der Waals surface area contributed by atoms with E-state index in [4.69, 9.17) is 9.47 Å². The van der Waals surface area contributed by atoms with Gasteiger partial charge in [0.1, 0.15) is 6.10 Å². The van der Waals surface area contributed by atoms with Crippen LogP contribution in [-0.4, -0.2) is 37.0 Å². The summed E-state index contributed by atoms with van der Waals surface area (Å²) in [5.41, 5.74) is 3.36. The van der Waals surface area contributed by atoms with Crippen LogP contribution in [0.25, 0.3) is 10.9 Å². The highest BCUT2D eigenvalue weighted by Gasteiger charge is 2.42. The molecule has 1 aliphatic carbocycles. The van der Waals surface area contributed by atoms with E-state index in [2.05, 4.69) is 35.4 Å². The monoisotopic (exact) mass is 286 g/mol. The minimum atomic E-state index is 0.109. The summed E-state index contributed by atoms with van der Waals surface area (Å²) in [6.07, 6.45) is 3.12. The lowest BCUT2D eigenvalue weighted by molar-refractivity contribution is -0.117. The van der Waals surface area contributed by atoms with Gasteiger partial charge in [0.15, 0.2) is 0 Å². The molecular formula is C17H22N2O2. The number of nitrogens with one attached hydrogen (secondary N) is 1. The van der Waals surface area contributed by atoms with Crippen LogP contribution in [0.3, 0.4) is 0 Å². The van der Waals surface area contributed by atoms with E-state index in [0.717, 1.165) is 29.6 Å². The van der Waals surface area contributed by atoms with Crippen LogP contribution in [0.5, 0.6) is 0 Å². The van der Waals surface area contributed by atoms with Crippen molar-refractivity contribution in [2.75, 3.05) is 19.0 Å². The van der Waals surface area contributed by atoms with Gasteiger partial charge in [-0.1, -0.05) is 6.07 Å². The highest BCUT2D eigenvalue weighted by molar-refractivity contribution is 5.93. The van der Waals surface area contributed by atoms with Crippen LogP contribution in [0.15, 0.2) is 30.5 Å². The van der Waals surface area contributed by atoms with Crippen molar-refractivity contribution < 1.29 is 9.47 Å². The lowest BCUT2D eigenvalue weighted by Gasteiger charge is -2.43. The Balaban J connectivity index is 1.82. The first-order valence-corrected chi connectivity index (χ1v) is 7.50. The van der Waals surface area contributed by atoms with Crippen molar-refractivity contribution in [3.8, 4) is 0 Å². The number of benzene rings is 1. The molecule has 1 heterocycles. The summed E-state index contributed by atoms with van der Waals surface area (Å²) in [5, 5.41) is 4.75. The van der Waals surface area contributed by atoms with Gasteiger partial charge in [0.2, 0.25) is 0 Å². The van der Waals surface area contributed by atoms with Crippen molar-refractivity contribution in [2.24, 2.45) is 0 Å². The third kappa shape index (κ3) is 2.61. The van der Waals surface area contributed by atoms with Gasteiger partial charge in [-0.25, -0.2) is 0 Å². The Kier molecular flexibility index (Phi) is 4.08. The number of fused-ring (bicyclic) bond motifs is 1. The van der Waals surface area contributed by atoms with Gasteiger partial charge in [-0.15, -0.1) is 0 Å². The maximum absolute atomic E-state index is 5.68. The number of aromatic nitrogens is 1. The van der Waals surface area contributed by atoms with Gasteiger partial charge in [0.05, 0.1) is 17.7 Å². The van der Waals surface area contributed by atoms with Crippen LogP contribution in [0.2, 0.25) is 0 Å². The molecule has 0 saturated heterocycles. The van der Waals surface area contributed by atoms with E-state index in [0.29, 0.717) is 0 Å². The molecule has 112 valence electrons. The molecule has 2 aromatic rings. The van der Waals surface area contributed by atoms with Crippen LogP contribution >= 0.6 is 0 Å². The Morgan fingerprint density at radius 3 is 2.95 bits per heavy atom. The topological polar surface area (TPSA) is 43.4 Å². The van der Waals surface area contributed by atoms with Crippen LogP contribution in [0, 0.1) is 6.92 Å². The maximum Gasteiger partial charge on any atom is 0.103 e. The molecule has 3 atom stereocenters. The van der Waals surface area contributed by atoms with Gasteiger partial charge in [0, 0.05) is 31.0 Å². The number of aryl methyl sites for hydroxylation is 1. The first-order chi connectivity index (χ1) is 10.2. The quantitative estimate of drug-likeness (QED) is 0.917. The van der Waals surface area contributed by atoms with E-state index < -0.39 is 0 Å². The first-order valence-electron chi connectivity index (χ1n) is 7.50. The van der Waals surface area contributed by atoms with Crippen molar-refractivity contribution in [2.45, 2.75) is 38.5 Å². The molecule has 4 heteroatoms. The van der Waals surface area contributed by atoms with Gasteiger partial charge >= 0.3 is 0 Å². The third-order valence-corrected chi connectivity index (χ3v) is 4.21. The number of methoxy groups -OCH3 is 1. The maximum atomic E-state index is 5.68. The Bertz CT molecular complexity index is 629. The van der Waals surface area contributed by atoms with Crippen LogP contribution in [0.1, 0.15) is 18.9 Å². The first kappa shape index (κ1) is 14.3. The number of ether oxygens (including phenoxy) is 2. The molecule has 0 radical (unpaired) electrons. The minimum absolute atomic E-state index is 0.109. The largest absolute Gasteiger partial charge is 0.379 e. The second-order valence-electron chi connectivity index (χ2n) is 5.51. The lowest BCUT2D eigenvalue weighted by Crippen LogP contribution is -2.56. The molecule has 3 unspecified atom stereocenters. The van der Waals surface area contributed by atoms with Gasteiger partial charge in [-0.2, -0.15) is 0 Å². The molecule has 4 nitrogen and oxygen atoms in total. The fourth-order valence-corrected chi connectivity index (χ4v) is 3.06. The molecule has 1 fully saturated rings. The number of rotatable bonds is 5. The van der Waals surface area contributed by atoms with E-state index in [-0.39, 0.29) is 18.2 Å². The van der Waals surface area contributed by atoms with E-state index in [1.165, 1.54) is 5.56 Å². The fourth-order valence-electron chi connectivity index (χ4n) is 3.06. The number of hydrogen-bond acceptors (Lipinski definition) is 4. The smallest absolute Gasteiger partial charge is 0.103 e. The molecule has 0 bridgehead atoms. The van der Waals surface area contributed by atoms with Crippen molar-refractivity contribution in [3.63, 3.8) is 0 Å². The summed E-state index contributed by atoms with van der Waals surface area (Å²) in [4.78, 5) is 4.48. The zero-order chi connectivity index (χ0) is 14.8. The Hall–Kier alpha value is -1.65. The summed E-state index contributed by atoms with van der Waals surface area (Å²) in [6.45, 7) is 4.84. The van der Waals surface area contributed by atoms with Crippen molar-refractivity contribution >= 4 is 16.6 Å². The van der Waals surface area contributed by atoms with Crippen molar-refractivity contribution in [1.29, 1.82) is 0 Å². The van der Waals surface area contributed by atoms with Crippen molar-refractivity contribution in [3.05, 3.63) is 36.0 Å². The second kappa shape index (κ2) is 6.00. The SMILES string of the molecule is CCOC1CC(Nc2ccc(C)c3ncccc23)C1OC. The highest BCUT2D eigenvalue weighted by Crippen LogP contribution is 2.32. The van der Waals surface area contributed by atoms with E-state index in [9.17, 15) is 0 Å². The molecule has 1 aliphatic rings. The molecule has 0 aliphatic heterocycles. The predicted molar refractivity (Wildman–Crippen MR) is 84.7 cm³/mol. The van der Waals surface area contributed by atoms with E-state index in [1.807, 2.05) is 19.2 Å². The molecule has 1 N–H and O–H groups in total. The van der Waals surface area contributed by atoms with Gasteiger partial charge in [-0.3, -0.25) is 4.98 Å².